The molecule has 0 saturated heterocycles. The van der Waals surface area contributed by atoms with Gasteiger partial charge < -0.3 is 10.1 Å². The van der Waals surface area contributed by atoms with E-state index in [0.29, 0.717) is 17.7 Å². The average Bonchev–Trinajstić information content (AvgIpc) is 2.51. The summed E-state index contributed by atoms with van der Waals surface area (Å²) in [5, 5.41) is 2.70. The van der Waals surface area contributed by atoms with E-state index in [2.05, 4.69) is 15.6 Å². The van der Waals surface area contributed by atoms with Gasteiger partial charge in [0.15, 0.2) is 0 Å². The molecule has 6 nitrogen and oxygen atoms in total. The second-order valence-corrected chi connectivity index (χ2v) is 5.16. The molecule has 0 spiro atoms. The lowest BCUT2D eigenvalue weighted by molar-refractivity contribution is -0.133. The van der Waals surface area contributed by atoms with Crippen molar-refractivity contribution in [1.82, 2.24) is 10.8 Å². The highest BCUT2D eigenvalue weighted by molar-refractivity contribution is 7.98. The number of carbonyl (C=O) groups is 2. The number of benzene rings is 1. The van der Waals surface area contributed by atoms with Crippen LogP contribution in [0.5, 0.6) is 5.75 Å². The van der Waals surface area contributed by atoms with Crippen LogP contribution < -0.4 is 15.5 Å². The number of rotatable bonds is 8. The maximum absolute atomic E-state index is 12.3. The molecule has 116 valence electrons. The third-order valence-electron chi connectivity index (χ3n) is 2.79. The van der Waals surface area contributed by atoms with Crippen LogP contribution >= 0.6 is 11.8 Å². The number of carbonyl (C=O) groups excluding carboxylic acids is 2. The van der Waals surface area contributed by atoms with Gasteiger partial charge >= 0.3 is 0 Å². The van der Waals surface area contributed by atoms with Gasteiger partial charge in [-0.2, -0.15) is 11.8 Å². The largest absolute Gasteiger partial charge is 0.496 e. The molecule has 2 amide bonds. The summed E-state index contributed by atoms with van der Waals surface area (Å²) in [5.41, 5.74) is 2.63. The molecule has 0 aliphatic rings. The molecule has 1 atom stereocenters. The number of hydrogen-bond donors (Lipinski definition) is 2. The Morgan fingerprint density at radius 1 is 1.29 bits per heavy atom. The first kappa shape index (κ1) is 17.3. The van der Waals surface area contributed by atoms with Crippen LogP contribution in [0, 0.1) is 0 Å². The van der Waals surface area contributed by atoms with Gasteiger partial charge in [-0.05, 0) is 30.6 Å². The molecule has 0 aliphatic heterocycles. The Labute approximate surface area is 128 Å². The molecule has 0 radical (unpaired) electrons. The van der Waals surface area contributed by atoms with Gasteiger partial charge in [-0.3, -0.25) is 14.4 Å². The number of nitrogens with one attached hydrogen (secondary N) is 2. The molecule has 0 fully saturated rings. The summed E-state index contributed by atoms with van der Waals surface area (Å²) in [6, 6.07) is 6.20. The Morgan fingerprint density at radius 3 is 2.62 bits per heavy atom. The van der Waals surface area contributed by atoms with Crippen molar-refractivity contribution in [3.63, 3.8) is 0 Å². The quantitative estimate of drug-likeness (QED) is 0.706. The summed E-state index contributed by atoms with van der Waals surface area (Å²) in [4.78, 5) is 28.8. The molecular formula is C14H20N2O4S. The minimum absolute atomic E-state index is 0.357. The van der Waals surface area contributed by atoms with Crippen LogP contribution in [0.15, 0.2) is 24.3 Å². The molecule has 2 N–H and O–H groups in total. The lowest BCUT2D eigenvalue weighted by Gasteiger charge is -2.18. The molecule has 1 aromatic carbocycles. The van der Waals surface area contributed by atoms with Crippen LogP contribution in [0.4, 0.5) is 0 Å². The molecule has 1 aromatic rings. The van der Waals surface area contributed by atoms with Gasteiger partial charge in [0.05, 0.1) is 19.8 Å². The highest BCUT2D eigenvalue weighted by Gasteiger charge is 2.22. The van der Waals surface area contributed by atoms with Crippen molar-refractivity contribution in [3.05, 3.63) is 29.8 Å². The predicted molar refractivity (Wildman–Crippen MR) is 82.4 cm³/mol. The molecule has 0 bridgehead atoms. The third-order valence-corrected chi connectivity index (χ3v) is 3.43. The fraction of sp³-hybridized carbons (Fsp3) is 0.429. The van der Waals surface area contributed by atoms with Crippen LogP contribution in [0.1, 0.15) is 16.8 Å². The monoisotopic (exact) mass is 312 g/mol. The zero-order chi connectivity index (χ0) is 15.7. The number of ether oxygens (including phenoxy) is 1. The van der Waals surface area contributed by atoms with E-state index in [1.807, 2.05) is 6.26 Å². The first-order valence-corrected chi connectivity index (χ1v) is 7.79. The van der Waals surface area contributed by atoms with Crippen molar-refractivity contribution in [2.24, 2.45) is 0 Å². The Kier molecular flexibility index (Phi) is 7.63. The van der Waals surface area contributed by atoms with E-state index < -0.39 is 6.04 Å². The molecule has 0 aliphatic carbocycles. The second-order valence-electron chi connectivity index (χ2n) is 4.18. The smallest absolute Gasteiger partial charge is 0.266 e. The summed E-state index contributed by atoms with van der Waals surface area (Å²) in [7, 11) is 2.85. The van der Waals surface area contributed by atoms with Crippen LogP contribution in [-0.4, -0.2) is 44.1 Å². The Balaban J connectivity index is 2.81. The molecular weight excluding hydrogens is 292 g/mol. The average molecular weight is 312 g/mol. The van der Waals surface area contributed by atoms with Crippen LogP contribution in [0.2, 0.25) is 0 Å². The number of amides is 2. The first-order valence-electron chi connectivity index (χ1n) is 6.39. The zero-order valence-electron chi connectivity index (χ0n) is 12.3. The van der Waals surface area contributed by atoms with E-state index in [1.54, 1.807) is 36.0 Å². The SMILES string of the molecule is CONC(=O)C(CCSC)NC(=O)c1ccccc1OC. The van der Waals surface area contributed by atoms with E-state index in [4.69, 9.17) is 4.74 Å². The van der Waals surface area contributed by atoms with Crippen molar-refractivity contribution in [2.45, 2.75) is 12.5 Å². The molecule has 0 aromatic heterocycles. The molecule has 1 unspecified atom stereocenters. The maximum atomic E-state index is 12.3. The molecule has 1 rings (SSSR count). The number of hydroxylamine groups is 1. The fourth-order valence-corrected chi connectivity index (χ4v) is 2.22. The van der Waals surface area contributed by atoms with E-state index in [0.717, 1.165) is 5.75 Å². The van der Waals surface area contributed by atoms with Crippen molar-refractivity contribution in [1.29, 1.82) is 0 Å². The van der Waals surface area contributed by atoms with Crippen molar-refractivity contribution in [2.75, 3.05) is 26.2 Å². The first-order chi connectivity index (χ1) is 10.1. The summed E-state index contributed by atoms with van der Waals surface area (Å²) in [6.45, 7) is 0. The summed E-state index contributed by atoms with van der Waals surface area (Å²) >= 11 is 1.60. The molecule has 0 heterocycles. The van der Waals surface area contributed by atoms with Crippen molar-refractivity contribution >= 4 is 23.6 Å². The van der Waals surface area contributed by atoms with Gasteiger partial charge in [-0.25, -0.2) is 5.48 Å². The molecule has 7 heteroatoms. The minimum atomic E-state index is -0.658. The Morgan fingerprint density at radius 2 is 2.00 bits per heavy atom. The van der Waals surface area contributed by atoms with E-state index >= 15 is 0 Å². The summed E-state index contributed by atoms with van der Waals surface area (Å²) < 4.78 is 5.15. The Bertz CT molecular complexity index is 482. The summed E-state index contributed by atoms with van der Waals surface area (Å²) in [5.74, 6) is 0.471. The lowest BCUT2D eigenvalue weighted by Crippen LogP contribution is -2.46. The number of para-hydroxylation sites is 1. The topological polar surface area (TPSA) is 76.7 Å². The zero-order valence-corrected chi connectivity index (χ0v) is 13.2. The highest BCUT2D eigenvalue weighted by atomic mass is 32.2. The molecule has 0 saturated carbocycles. The van der Waals surface area contributed by atoms with Gasteiger partial charge in [-0.1, -0.05) is 12.1 Å². The maximum Gasteiger partial charge on any atom is 0.266 e. The van der Waals surface area contributed by atoms with Crippen LogP contribution in [0.25, 0.3) is 0 Å². The van der Waals surface area contributed by atoms with E-state index in [1.165, 1.54) is 14.2 Å². The second kappa shape index (κ2) is 9.25. The summed E-state index contributed by atoms with van der Waals surface area (Å²) in [6.07, 6.45) is 2.45. The van der Waals surface area contributed by atoms with Gasteiger partial charge in [0, 0.05) is 0 Å². The fourth-order valence-electron chi connectivity index (χ4n) is 1.74. The number of methoxy groups -OCH3 is 1. The predicted octanol–water partition coefficient (Wildman–Crippen LogP) is 1.22. The van der Waals surface area contributed by atoms with Crippen LogP contribution in [0.3, 0.4) is 0 Å². The van der Waals surface area contributed by atoms with Gasteiger partial charge in [0.25, 0.3) is 11.8 Å². The van der Waals surface area contributed by atoms with Gasteiger partial charge in [-0.15, -0.1) is 0 Å². The van der Waals surface area contributed by atoms with E-state index in [-0.39, 0.29) is 11.8 Å². The van der Waals surface area contributed by atoms with Crippen LogP contribution in [-0.2, 0) is 9.63 Å². The van der Waals surface area contributed by atoms with Crippen molar-refractivity contribution < 1.29 is 19.2 Å². The normalized spacial score (nSPS) is 11.6. The standard InChI is InChI=1S/C14H20N2O4S/c1-19-12-7-5-4-6-10(12)13(17)15-11(8-9-21-3)14(18)16-20-2/h4-7,11H,8-9H2,1-3H3,(H,15,17)(H,16,18). The third kappa shape index (κ3) is 5.28. The van der Waals surface area contributed by atoms with E-state index in [9.17, 15) is 9.59 Å². The Hall–Kier alpha value is -1.73. The van der Waals surface area contributed by atoms with Gasteiger partial charge in [0.2, 0.25) is 0 Å². The lowest BCUT2D eigenvalue weighted by atomic mass is 10.1. The minimum Gasteiger partial charge on any atom is -0.496 e. The van der Waals surface area contributed by atoms with Gasteiger partial charge in [0.1, 0.15) is 11.8 Å². The number of thioether (sulfide) groups is 1. The highest BCUT2D eigenvalue weighted by Crippen LogP contribution is 2.17. The molecule has 21 heavy (non-hydrogen) atoms. The number of hydrogen-bond acceptors (Lipinski definition) is 5. The van der Waals surface area contributed by atoms with Crippen molar-refractivity contribution in [3.8, 4) is 5.75 Å².